The lowest BCUT2D eigenvalue weighted by molar-refractivity contribution is -0.151. The zero-order valence-corrected chi connectivity index (χ0v) is 13.9. The van der Waals surface area contributed by atoms with Crippen molar-refractivity contribution in [2.24, 2.45) is 11.3 Å². The monoisotopic (exact) mass is 299 g/mol. The zero-order valence-electron chi connectivity index (χ0n) is 13.9. The van der Waals surface area contributed by atoms with Crippen molar-refractivity contribution in [2.75, 3.05) is 47.3 Å². The fraction of sp³-hybridized carbons (Fsp3) is 0.867. The summed E-state index contributed by atoms with van der Waals surface area (Å²) in [5.74, 6) is -0.780. The highest BCUT2D eigenvalue weighted by atomic mass is 16.4. The molecule has 0 aromatic carbocycles. The van der Waals surface area contributed by atoms with Gasteiger partial charge in [0.2, 0.25) is 0 Å². The van der Waals surface area contributed by atoms with Crippen LogP contribution in [0.1, 0.15) is 26.7 Å². The minimum atomic E-state index is -0.791. The van der Waals surface area contributed by atoms with E-state index in [1.165, 1.54) is 0 Å². The maximum atomic E-state index is 12.4. The third-order valence-corrected chi connectivity index (χ3v) is 4.47. The van der Waals surface area contributed by atoms with Gasteiger partial charge in [0.05, 0.1) is 5.41 Å². The summed E-state index contributed by atoms with van der Waals surface area (Å²) in [5.41, 5.74) is -0.791. The Kier molecular flexibility index (Phi) is 6.01. The standard InChI is InChI=1S/C15H29N3O3/c1-15(2,13(19)20)12-7-6-8-18(11-12)14(21)17(5)10-9-16(3)4/h12H,6-11H2,1-5H3,(H,19,20). The lowest BCUT2D eigenvalue weighted by Gasteiger charge is -2.40. The molecule has 1 fully saturated rings. The van der Waals surface area contributed by atoms with Gasteiger partial charge < -0.3 is 19.8 Å². The van der Waals surface area contributed by atoms with Crippen LogP contribution in [0.15, 0.2) is 0 Å². The summed E-state index contributed by atoms with van der Waals surface area (Å²) in [4.78, 5) is 29.4. The van der Waals surface area contributed by atoms with Gasteiger partial charge in [-0.25, -0.2) is 4.79 Å². The average molecular weight is 299 g/mol. The molecule has 0 aromatic rings. The number of aliphatic carboxylic acids is 1. The maximum absolute atomic E-state index is 12.4. The molecule has 0 aliphatic carbocycles. The maximum Gasteiger partial charge on any atom is 0.319 e. The van der Waals surface area contributed by atoms with E-state index in [0.717, 1.165) is 25.9 Å². The van der Waals surface area contributed by atoms with Crippen molar-refractivity contribution >= 4 is 12.0 Å². The Morgan fingerprint density at radius 2 is 1.86 bits per heavy atom. The summed E-state index contributed by atoms with van der Waals surface area (Å²) < 4.78 is 0. The van der Waals surface area contributed by atoms with Gasteiger partial charge in [0, 0.05) is 33.2 Å². The van der Waals surface area contributed by atoms with Gasteiger partial charge in [-0.1, -0.05) is 0 Å². The third-order valence-electron chi connectivity index (χ3n) is 4.47. The lowest BCUT2D eigenvalue weighted by Crippen LogP contribution is -2.51. The van der Waals surface area contributed by atoms with Crippen molar-refractivity contribution in [3.8, 4) is 0 Å². The van der Waals surface area contributed by atoms with Crippen LogP contribution in [0.5, 0.6) is 0 Å². The summed E-state index contributed by atoms with van der Waals surface area (Å²) in [6.45, 7) is 6.25. The molecule has 1 atom stereocenters. The van der Waals surface area contributed by atoms with E-state index >= 15 is 0 Å². The number of rotatable bonds is 5. The van der Waals surface area contributed by atoms with Crippen LogP contribution >= 0.6 is 0 Å². The molecule has 1 heterocycles. The van der Waals surface area contributed by atoms with Gasteiger partial charge in [-0.15, -0.1) is 0 Å². The Morgan fingerprint density at radius 3 is 2.38 bits per heavy atom. The van der Waals surface area contributed by atoms with Crippen LogP contribution in [0.25, 0.3) is 0 Å². The fourth-order valence-corrected chi connectivity index (χ4v) is 2.60. The van der Waals surface area contributed by atoms with E-state index in [1.807, 2.05) is 19.0 Å². The SMILES string of the molecule is CN(C)CCN(C)C(=O)N1CCCC(C(C)(C)C(=O)O)C1. The first-order chi connectivity index (χ1) is 9.66. The highest BCUT2D eigenvalue weighted by molar-refractivity contribution is 5.76. The summed E-state index contributed by atoms with van der Waals surface area (Å²) in [6.07, 6.45) is 1.74. The number of likely N-dealkylation sites (N-methyl/N-ethyl adjacent to an activating group) is 2. The van der Waals surface area contributed by atoms with E-state index in [2.05, 4.69) is 0 Å². The predicted octanol–water partition coefficient (Wildman–Crippen LogP) is 1.42. The Hall–Kier alpha value is -1.30. The summed E-state index contributed by atoms with van der Waals surface area (Å²) in [5, 5.41) is 9.35. The number of urea groups is 1. The number of nitrogens with zero attached hydrogens (tertiary/aromatic N) is 3. The normalized spacial score (nSPS) is 19.7. The highest BCUT2D eigenvalue weighted by Crippen LogP contribution is 2.34. The summed E-state index contributed by atoms with van der Waals surface area (Å²) >= 11 is 0. The first kappa shape index (κ1) is 17.8. The molecule has 1 saturated heterocycles. The van der Waals surface area contributed by atoms with Gasteiger partial charge in [0.25, 0.3) is 0 Å². The molecule has 0 bridgehead atoms. The minimum Gasteiger partial charge on any atom is -0.481 e. The van der Waals surface area contributed by atoms with Crippen LogP contribution in [-0.4, -0.2) is 79.1 Å². The molecule has 1 unspecified atom stereocenters. The molecular formula is C15H29N3O3. The first-order valence-corrected chi connectivity index (χ1v) is 7.54. The van der Waals surface area contributed by atoms with E-state index < -0.39 is 11.4 Å². The number of carboxylic acids is 1. The van der Waals surface area contributed by atoms with Crippen molar-refractivity contribution in [1.29, 1.82) is 0 Å². The summed E-state index contributed by atoms with van der Waals surface area (Å²) in [6, 6.07) is 0.00254. The molecule has 6 heteroatoms. The zero-order chi connectivity index (χ0) is 16.2. The second-order valence-electron chi connectivity index (χ2n) is 6.82. The van der Waals surface area contributed by atoms with Gasteiger partial charge in [0.1, 0.15) is 0 Å². The number of carboxylic acid groups (broad SMARTS) is 1. The number of hydrogen-bond donors (Lipinski definition) is 1. The number of carbonyl (C=O) groups is 2. The molecule has 6 nitrogen and oxygen atoms in total. The molecule has 1 aliphatic heterocycles. The van der Waals surface area contributed by atoms with Gasteiger partial charge in [-0.2, -0.15) is 0 Å². The average Bonchev–Trinajstić information content (AvgIpc) is 2.43. The smallest absolute Gasteiger partial charge is 0.319 e. The van der Waals surface area contributed by atoms with Gasteiger partial charge >= 0.3 is 12.0 Å². The number of piperidine rings is 1. The molecule has 1 rings (SSSR count). The first-order valence-electron chi connectivity index (χ1n) is 7.54. The Balaban J connectivity index is 2.63. The molecule has 2 amide bonds. The van der Waals surface area contributed by atoms with Gasteiger partial charge in [-0.3, -0.25) is 4.79 Å². The van der Waals surface area contributed by atoms with Crippen LogP contribution in [0.4, 0.5) is 4.79 Å². The van der Waals surface area contributed by atoms with Crippen molar-refractivity contribution in [1.82, 2.24) is 14.7 Å². The van der Waals surface area contributed by atoms with Crippen LogP contribution in [0, 0.1) is 11.3 Å². The fourth-order valence-electron chi connectivity index (χ4n) is 2.60. The Labute approximate surface area is 127 Å². The molecular weight excluding hydrogens is 270 g/mol. The molecule has 0 spiro atoms. The van der Waals surface area contributed by atoms with Crippen molar-refractivity contribution < 1.29 is 14.7 Å². The molecule has 1 N–H and O–H groups in total. The number of amides is 2. The van der Waals surface area contributed by atoms with Crippen molar-refractivity contribution in [2.45, 2.75) is 26.7 Å². The van der Waals surface area contributed by atoms with E-state index in [0.29, 0.717) is 13.1 Å². The topological polar surface area (TPSA) is 64.1 Å². The Bertz CT molecular complexity index is 382. The largest absolute Gasteiger partial charge is 0.481 e. The minimum absolute atomic E-state index is 0.00254. The van der Waals surface area contributed by atoms with Crippen LogP contribution in [0.2, 0.25) is 0 Å². The van der Waals surface area contributed by atoms with Crippen LogP contribution in [-0.2, 0) is 4.79 Å². The van der Waals surface area contributed by atoms with Gasteiger partial charge in [0.15, 0.2) is 0 Å². The molecule has 0 aromatic heterocycles. The molecule has 1 aliphatic rings. The summed E-state index contributed by atoms with van der Waals surface area (Å²) in [7, 11) is 5.76. The van der Waals surface area contributed by atoms with Gasteiger partial charge in [-0.05, 0) is 46.7 Å². The predicted molar refractivity (Wildman–Crippen MR) is 82.3 cm³/mol. The lowest BCUT2D eigenvalue weighted by atomic mass is 9.74. The molecule has 0 saturated carbocycles. The Morgan fingerprint density at radius 1 is 1.24 bits per heavy atom. The quantitative estimate of drug-likeness (QED) is 0.834. The molecule has 0 radical (unpaired) electrons. The second-order valence-corrected chi connectivity index (χ2v) is 6.82. The second kappa shape index (κ2) is 7.11. The van der Waals surface area contributed by atoms with Crippen LogP contribution in [0.3, 0.4) is 0 Å². The van der Waals surface area contributed by atoms with Crippen molar-refractivity contribution in [3.63, 3.8) is 0 Å². The van der Waals surface area contributed by atoms with E-state index in [1.54, 1.807) is 30.7 Å². The van der Waals surface area contributed by atoms with E-state index in [4.69, 9.17) is 0 Å². The third kappa shape index (κ3) is 4.59. The highest BCUT2D eigenvalue weighted by Gasteiger charge is 2.40. The molecule has 122 valence electrons. The van der Waals surface area contributed by atoms with Crippen LogP contribution < -0.4 is 0 Å². The van der Waals surface area contributed by atoms with E-state index in [9.17, 15) is 14.7 Å². The number of hydrogen-bond acceptors (Lipinski definition) is 3. The van der Waals surface area contributed by atoms with Crippen molar-refractivity contribution in [3.05, 3.63) is 0 Å². The van der Waals surface area contributed by atoms with E-state index in [-0.39, 0.29) is 11.9 Å². The number of carbonyl (C=O) groups excluding carboxylic acids is 1. The number of likely N-dealkylation sites (tertiary alicyclic amines) is 1. The molecule has 21 heavy (non-hydrogen) atoms.